The van der Waals surface area contributed by atoms with Crippen LogP contribution >= 0.6 is 0 Å². The zero-order valence-corrected chi connectivity index (χ0v) is 15.8. The number of rotatable bonds is 5. The van der Waals surface area contributed by atoms with Crippen molar-refractivity contribution in [2.24, 2.45) is 10.1 Å². The van der Waals surface area contributed by atoms with Gasteiger partial charge in [0.25, 0.3) is 5.91 Å². The van der Waals surface area contributed by atoms with Gasteiger partial charge in [-0.15, -0.1) is 5.10 Å². The van der Waals surface area contributed by atoms with Crippen molar-refractivity contribution in [3.63, 3.8) is 0 Å². The van der Waals surface area contributed by atoms with Crippen LogP contribution in [-0.4, -0.2) is 21.4 Å². The highest BCUT2D eigenvalue weighted by Crippen LogP contribution is 2.24. The van der Waals surface area contributed by atoms with E-state index in [1.54, 1.807) is 4.68 Å². The Hall–Kier alpha value is -4.48. The van der Waals surface area contributed by atoms with Gasteiger partial charge in [-0.2, -0.15) is 0 Å². The molecule has 0 aliphatic heterocycles. The first-order valence-corrected chi connectivity index (χ1v) is 9.20. The quantitative estimate of drug-likeness (QED) is 0.194. The van der Waals surface area contributed by atoms with E-state index in [1.165, 1.54) is 6.20 Å². The summed E-state index contributed by atoms with van der Waals surface area (Å²) in [5.41, 5.74) is 12.0. The highest BCUT2D eigenvalue weighted by Gasteiger charge is 2.18. The van der Waals surface area contributed by atoms with E-state index >= 15 is 0 Å². The lowest BCUT2D eigenvalue weighted by Gasteiger charge is -2.07. The minimum Gasteiger partial charge on any atom is -0.287 e. The second-order valence-electron chi connectivity index (χ2n) is 6.33. The van der Waals surface area contributed by atoms with E-state index in [1.807, 2.05) is 91.0 Å². The lowest BCUT2D eigenvalue weighted by molar-refractivity contribution is 0.100. The Kier molecular flexibility index (Phi) is 5.46. The van der Waals surface area contributed by atoms with Crippen molar-refractivity contribution < 1.29 is 4.79 Å². The standard InChI is InChI=1S/C23H16N6O/c24-28-26-23(30)20-16-29(19-14-8-3-9-15-19)27-22(20)25-21(17-10-4-1-5-11-17)18-12-6-2-7-13-18/h1-16H. The van der Waals surface area contributed by atoms with Gasteiger partial charge in [-0.3, -0.25) is 4.79 Å². The third-order valence-electron chi connectivity index (χ3n) is 4.39. The van der Waals surface area contributed by atoms with Gasteiger partial charge in [0, 0.05) is 22.2 Å². The summed E-state index contributed by atoms with van der Waals surface area (Å²) < 4.78 is 1.55. The SMILES string of the molecule is [N-]=[N+]=NC(=O)c1cn(-c2ccccc2)nc1N=C(c1ccccc1)c1ccccc1. The molecule has 1 amide bonds. The third kappa shape index (κ3) is 4.01. The predicted molar refractivity (Wildman–Crippen MR) is 115 cm³/mol. The average molecular weight is 392 g/mol. The highest BCUT2D eigenvalue weighted by atomic mass is 16.1. The van der Waals surface area contributed by atoms with Crippen LogP contribution in [0.5, 0.6) is 0 Å². The minimum atomic E-state index is -0.737. The number of aliphatic imine (C=N–C) groups is 1. The van der Waals surface area contributed by atoms with Crippen molar-refractivity contribution in [1.82, 2.24) is 9.78 Å². The minimum absolute atomic E-state index is 0.126. The molecular formula is C23H16N6O. The summed E-state index contributed by atoms with van der Waals surface area (Å²) in [5, 5.41) is 7.73. The van der Waals surface area contributed by atoms with Gasteiger partial charge >= 0.3 is 0 Å². The largest absolute Gasteiger partial charge is 0.287 e. The molecule has 0 unspecified atom stereocenters. The molecule has 0 saturated heterocycles. The van der Waals surface area contributed by atoms with Crippen molar-refractivity contribution in [3.05, 3.63) is 124 Å². The number of aromatic nitrogens is 2. The van der Waals surface area contributed by atoms with Gasteiger partial charge in [-0.05, 0) is 22.8 Å². The molecule has 4 rings (SSSR count). The lowest BCUT2D eigenvalue weighted by atomic mass is 10.0. The maximum absolute atomic E-state index is 12.4. The fourth-order valence-electron chi connectivity index (χ4n) is 3.00. The number of azide groups is 1. The molecule has 7 nitrogen and oxygen atoms in total. The summed E-state index contributed by atoms with van der Waals surface area (Å²) in [7, 11) is 0. The van der Waals surface area contributed by atoms with Crippen LogP contribution in [0.15, 0.2) is 107 Å². The van der Waals surface area contributed by atoms with Crippen LogP contribution in [0.3, 0.4) is 0 Å². The number of hydrogen-bond acceptors (Lipinski definition) is 3. The molecule has 4 aromatic rings. The van der Waals surface area contributed by atoms with Crippen molar-refractivity contribution in [1.29, 1.82) is 0 Å². The molecule has 0 aliphatic rings. The summed E-state index contributed by atoms with van der Waals surface area (Å²) in [6.07, 6.45) is 1.53. The molecule has 3 aromatic carbocycles. The lowest BCUT2D eigenvalue weighted by Crippen LogP contribution is -2.03. The van der Waals surface area contributed by atoms with Crippen LogP contribution in [0.4, 0.5) is 5.82 Å². The van der Waals surface area contributed by atoms with Gasteiger partial charge in [0.05, 0.1) is 17.0 Å². The van der Waals surface area contributed by atoms with Crippen LogP contribution < -0.4 is 0 Å². The summed E-state index contributed by atoms with van der Waals surface area (Å²) in [4.78, 5) is 19.8. The summed E-state index contributed by atoms with van der Waals surface area (Å²) in [6, 6.07) is 28.6. The maximum Gasteiger partial charge on any atom is 0.254 e. The topological polar surface area (TPSA) is 96.0 Å². The maximum atomic E-state index is 12.4. The number of hydrogen-bond donors (Lipinski definition) is 0. The summed E-state index contributed by atoms with van der Waals surface area (Å²) >= 11 is 0. The monoisotopic (exact) mass is 392 g/mol. The van der Waals surface area contributed by atoms with Crippen LogP contribution in [-0.2, 0) is 0 Å². The molecule has 0 saturated carbocycles. The van der Waals surface area contributed by atoms with E-state index in [0.717, 1.165) is 16.8 Å². The predicted octanol–water partition coefficient (Wildman–Crippen LogP) is 5.49. The Labute approximate surface area is 172 Å². The molecule has 1 heterocycles. The van der Waals surface area contributed by atoms with Gasteiger partial charge in [0.2, 0.25) is 0 Å². The number of nitrogens with zero attached hydrogens (tertiary/aromatic N) is 6. The Bertz CT molecular complexity index is 1200. The molecule has 0 atom stereocenters. The molecule has 0 bridgehead atoms. The fraction of sp³-hybridized carbons (Fsp3) is 0. The van der Waals surface area contributed by atoms with Gasteiger partial charge in [-0.1, -0.05) is 78.9 Å². The van der Waals surface area contributed by atoms with Gasteiger partial charge in [0.1, 0.15) is 0 Å². The molecule has 0 aliphatic carbocycles. The van der Waals surface area contributed by atoms with E-state index in [0.29, 0.717) is 5.71 Å². The number of para-hydroxylation sites is 1. The van der Waals surface area contributed by atoms with Gasteiger partial charge in [-0.25, -0.2) is 9.67 Å². The molecule has 0 radical (unpaired) electrons. The van der Waals surface area contributed by atoms with Crippen LogP contribution in [0.25, 0.3) is 16.1 Å². The summed E-state index contributed by atoms with van der Waals surface area (Å²) in [5.74, 6) is -0.558. The summed E-state index contributed by atoms with van der Waals surface area (Å²) in [6.45, 7) is 0. The van der Waals surface area contributed by atoms with Crippen LogP contribution in [0.1, 0.15) is 21.5 Å². The van der Waals surface area contributed by atoms with Crippen molar-refractivity contribution in [2.75, 3.05) is 0 Å². The Morgan fingerprint density at radius 1 is 0.833 bits per heavy atom. The number of carbonyl (C=O) groups is 1. The van der Waals surface area contributed by atoms with E-state index in [9.17, 15) is 4.79 Å². The number of benzene rings is 3. The fourth-order valence-corrected chi connectivity index (χ4v) is 3.00. The Morgan fingerprint density at radius 3 is 1.90 bits per heavy atom. The molecule has 0 fully saturated rings. The normalized spacial score (nSPS) is 10.1. The Balaban J connectivity index is 1.92. The average Bonchev–Trinajstić information content (AvgIpc) is 3.23. The van der Waals surface area contributed by atoms with Gasteiger partial charge < -0.3 is 0 Å². The first-order valence-electron chi connectivity index (χ1n) is 9.20. The highest BCUT2D eigenvalue weighted by molar-refractivity contribution is 6.14. The molecule has 0 spiro atoms. The van der Waals surface area contributed by atoms with Crippen molar-refractivity contribution in [3.8, 4) is 5.69 Å². The zero-order valence-electron chi connectivity index (χ0n) is 15.8. The second-order valence-corrected chi connectivity index (χ2v) is 6.33. The van der Waals surface area contributed by atoms with E-state index in [4.69, 9.17) is 10.5 Å². The first kappa shape index (κ1) is 18.9. The van der Waals surface area contributed by atoms with Gasteiger partial charge in [0.15, 0.2) is 5.82 Å². The Morgan fingerprint density at radius 2 is 1.37 bits per heavy atom. The van der Waals surface area contributed by atoms with Crippen molar-refractivity contribution >= 4 is 17.4 Å². The second kappa shape index (κ2) is 8.68. The van der Waals surface area contributed by atoms with Crippen LogP contribution in [0, 0.1) is 0 Å². The first-order chi connectivity index (χ1) is 14.8. The molecule has 1 aromatic heterocycles. The van der Waals surface area contributed by atoms with E-state index < -0.39 is 5.91 Å². The van der Waals surface area contributed by atoms with E-state index in [-0.39, 0.29) is 11.4 Å². The van der Waals surface area contributed by atoms with Crippen molar-refractivity contribution in [2.45, 2.75) is 0 Å². The zero-order chi connectivity index (χ0) is 20.8. The third-order valence-corrected chi connectivity index (χ3v) is 4.39. The molecule has 7 heteroatoms. The smallest absolute Gasteiger partial charge is 0.254 e. The molecule has 144 valence electrons. The van der Waals surface area contributed by atoms with E-state index in [2.05, 4.69) is 15.1 Å². The van der Waals surface area contributed by atoms with Crippen LogP contribution in [0.2, 0.25) is 0 Å². The molecule has 30 heavy (non-hydrogen) atoms. The molecular weight excluding hydrogens is 376 g/mol. The molecule has 0 N–H and O–H groups in total. The number of amides is 1. The number of carbonyl (C=O) groups excluding carboxylic acids is 1.